The van der Waals surface area contributed by atoms with Crippen LogP contribution >= 0.6 is 15.9 Å². The van der Waals surface area contributed by atoms with Crippen molar-refractivity contribution in [3.63, 3.8) is 0 Å². The Labute approximate surface area is 115 Å². The predicted molar refractivity (Wildman–Crippen MR) is 75.1 cm³/mol. The predicted octanol–water partition coefficient (Wildman–Crippen LogP) is 2.69. The molecule has 0 aliphatic carbocycles. The number of hydrogen-bond donors (Lipinski definition) is 1. The van der Waals surface area contributed by atoms with Gasteiger partial charge in [-0.2, -0.15) is 0 Å². The van der Waals surface area contributed by atoms with Crippen LogP contribution in [0.25, 0.3) is 0 Å². The lowest BCUT2D eigenvalue weighted by Gasteiger charge is -2.13. The molecule has 0 fully saturated rings. The van der Waals surface area contributed by atoms with Crippen molar-refractivity contribution in [2.75, 3.05) is 0 Å². The smallest absolute Gasteiger partial charge is 0.0757 e. The Balaban J connectivity index is 2.09. The third-order valence-electron chi connectivity index (χ3n) is 2.83. The molecule has 0 saturated heterocycles. The minimum atomic E-state index is -0.0623. The van der Waals surface area contributed by atoms with Crippen molar-refractivity contribution < 1.29 is 0 Å². The molecule has 1 unspecified atom stereocenters. The highest BCUT2D eigenvalue weighted by atomic mass is 79.9. The minimum Gasteiger partial charge on any atom is -0.322 e. The van der Waals surface area contributed by atoms with Crippen LogP contribution in [0.1, 0.15) is 30.6 Å². The van der Waals surface area contributed by atoms with E-state index < -0.39 is 0 Å². The van der Waals surface area contributed by atoms with Gasteiger partial charge in [0.1, 0.15) is 0 Å². The van der Waals surface area contributed by atoms with Crippen molar-refractivity contribution in [3.8, 4) is 0 Å². The largest absolute Gasteiger partial charge is 0.322 e. The third-order valence-corrected chi connectivity index (χ3v) is 3.36. The fourth-order valence-electron chi connectivity index (χ4n) is 1.92. The highest BCUT2D eigenvalue weighted by molar-refractivity contribution is 9.10. The van der Waals surface area contributed by atoms with E-state index in [0.717, 1.165) is 29.6 Å². The van der Waals surface area contributed by atoms with Gasteiger partial charge in [0, 0.05) is 11.0 Å². The van der Waals surface area contributed by atoms with Gasteiger partial charge >= 0.3 is 0 Å². The summed E-state index contributed by atoms with van der Waals surface area (Å²) in [6.07, 6.45) is 3.59. The molecule has 1 aromatic heterocycles. The Morgan fingerprint density at radius 3 is 2.72 bits per heavy atom. The number of nitrogens with two attached hydrogens (primary N) is 1. The Morgan fingerprint density at radius 1 is 1.33 bits per heavy atom. The molecule has 5 heteroatoms. The van der Waals surface area contributed by atoms with Gasteiger partial charge < -0.3 is 5.73 Å². The summed E-state index contributed by atoms with van der Waals surface area (Å²) in [6.45, 7) is 2.98. The van der Waals surface area contributed by atoms with Gasteiger partial charge in [-0.05, 0) is 30.5 Å². The number of hydrogen-bond acceptors (Lipinski definition) is 3. The summed E-state index contributed by atoms with van der Waals surface area (Å²) >= 11 is 3.43. The molecule has 0 aliphatic rings. The minimum absolute atomic E-state index is 0.0623. The molecule has 0 spiro atoms. The van der Waals surface area contributed by atoms with Crippen LogP contribution in [0.4, 0.5) is 0 Å². The summed E-state index contributed by atoms with van der Waals surface area (Å²) in [4.78, 5) is 0. The van der Waals surface area contributed by atoms with Gasteiger partial charge in [-0.25, -0.2) is 4.68 Å². The number of benzene rings is 1. The molecule has 18 heavy (non-hydrogen) atoms. The first-order chi connectivity index (χ1) is 8.70. The Morgan fingerprint density at radius 2 is 2.06 bits per heavy atom. The zero-order chi connectivity index (χ0) is 13.0. The van der Waals surface area contributed by atoms with Crippen molar-refractivity contribution in [2.24, 2.45) is 5.73 Å². The number of halogens is 1. The lowest BCUT2D eigenvalue weighted by Crippen LogP contribution is -2.18. The molecule has 0 bridgehead atoms. The maximum Gasteiger partial charge on any atom is 0.0757 e. The van der Waals surface area contributed by atoms with Crippen LogP contribution in [0.3, 0.4) is 0 Å². The second kappa shape index (κ2) is 6.11. The van der Waals surface area contributed by atoms with Crippen molar-refractivity contribution in [1.82, 2.24) is 15.0 Å². The van der Waals surface area contributed by atoms with Crippen LogP contribution in [0.5, 0.6) is 0 Å². The maximum absolute atomic E-state index is 6.23. The van der Waals surface area contributed by atoms with E-state index in [1.165, 1.54) is 5.56 Å². The quantitative estimate of drug-likeness (QED) is 0.924. The van der Waals surface area contributed by atoms with Crippen molar-refractivity contribution in [2.45, 2.75) is 32.4 Å². The number of rotatable bonds is 5. The average molecular weight is 309 g/mol. The normalized spacial score (nSPS) is 12.6. The van der Waals surface area contributed by atoms with E-state index in [-0.39, 0.29) is 6.04 Å². The van der Waals surface area contributed by atoms with E-state index in [1.54, 1.807) is 6.20 Å². The first kappa shape index (κ1) is 13.2. The van der Waals surface area contributed by atoms with E-state index in [2.05, 4.69) is 45.3 Å². The molecule has 0 aliphatic heterocycles. The molecule has 0 amide bonds. The summed E-state index contributed by atoms with van der Waals surface area (Å²) in [6, 6.07) is 8.16. The van der Waals surface area contributed by atoms with Gasteiger partial charge in [-0.1, -0.05) is 40.2 Å². The summed E-state index contributed by atoms with van der Waals surface area (Å²) in [5.74, 6) is 0. The highest BCUT2D eigenvalue weighted by Gasteiger charge is 2.13. The lowest BCUT2D eigenvalue weighted by molar-refractivity contribution is 0.525. The molecule has 0 radical (unpaired) electrons. The molecule has 4 nitrogen and oxygen atoms in total. The van der Waals surface area contributed by atoms with E-state index in [4.69, 9.17) is 5.73 Å². The van der Waals surface area contributed by atoms with Gasteiger partial charge in [0.2, 0.25) is 0 Å². The fourth-order valence-corrected chi connectivity index (χ4v) is 2.18. The standard InChI is InChI=1S/C13H17BrN4/c1-2-7-18-13(9-16-17-18)12(15)8-10-3-5-11(14)6-4-10/h3-6,9,12H,2,7-8,15H2,1H3. The summed E-state index contributed by atoms with van der Waals surface area (Å²) in [5, 5.41) is 8.00. The van der Waals surface area contributed by atoms with E-state index >= 15 is 0 Å². The van der Waals surface area contributed by atoms with Crippen LogP contribution < -0.4 is 5.73 Å². The second-order valence-corrected chi connectivity index (χ2v) is 5.23. The van der Waals surface area contributed by atoms with Gasteiger partial charge in [0.05, 0.1) is 17.9 Å². The molecular weight excluding hydrogens is 292 g/mol. The van der Waals surface area contributed by atoms with Gasteiger partial charge in [0.15, 0.2) is 0 Å². The fraction of sp³-hybridized carbons (Fsp3) is 0.385. The lowest BCUT2D eigenvalue weighted by atomic mass is 10.0. The molecule has 2 aromatic rings. The molecule has 2 N–H and O–H groups in total. The highest BCUT2D eigenvalue weighted by Crippen LogP contribution is 2.17. The van der Waals surface area contributed by atoms with Crippen LogP contribution in [-0.2, 0) is 13.0 Å². The molecule has 1 heterocycles. The van der Waals surface area contributed by atoms with Crippen molar-refractivity contribution in [1.29, 1.82) is 0 Å². The maximum atomic E-state index is 6.23. The Kier molecular flexibility index (Phi) is 4.49. The molecule has 1 atom stereocenters. The first-order valence-corrected chi connectivity index (χ1v) is 6.88. The Bertz CT molecular complexity index is 492. The first-order valence-electron chi connectivity index (χ1n) is 6.09. The van der Waals surface area contributed by atoms with E-state index in [1.807, 2.05) is 16.8 Å². The molecule has 96 valence electrons. The molecule has 0 saturated carbocycles. The average Bonchev–Trinajstić information content (AvgIpc) is 2.81. The van der Waals surface area contributed by atoms with Crippen LogP contribution in [0.15, 0.2) is 34.9 Å². The summed E-state index contributed by atoms with van der Waals surface area (Å²) in [7, 11) is 0. The molecule has 2 rings (SSSR count). The number of nitrogens with zero attached hydrogens (tertiary/aromatic N) is 3. The van der Waals surface area contributed by atoms with Crippen molar-refractivity contribution in [3.05, 3.63) is 46.2 Å². The van der Waals surface area contributed by atoms with E-state index in [0.29, 0.717) is 0 Å². The number of aryl methyl sites for hydroxylation is 1. The van der Waals surface area contributed by atoms with Crippen LogP contribution in [-0.4, -0.2) is 15.0 Å². The number of aromatic nitrogens is 3. The topological polar surface area (TPSA) is 56.7 Å². The molecular formula is C13H17BrN4. The van der Waals surface area contributed by atoms with Crippen LogP contribution in [0, 0.1) is 0 Å². The van der Waals surface area contributed by atoms with Gasteiger partial charge in [0.25, 0.3) is 0 Å². The van der Waals surface area contributed by atoms with E-state index in [9.17, 15) is 0 Å². The zero-order valence-electron chi connectivity index (χ0n) is 10.4. The van der Waals surface area contributed by atoms with Crippen LogP contribution in [0.2, 0.25) is 0 Å². The summed E-state index contributed by atoms with van der Waals surface area (Å²) < 4.78 is 2.97. The second-order valence-electron chi connectivity index (χ2n) is 4.32. The summed E-state index contributed by atoms with van der Waals surface area (Å²) in [5.41, 5.74) is 8.45. The van der Waals surface area contributed by atoms with Gasteiger partial charge in [-0.15, -0.1) is 5.10 Å². The van der Waals surface area contributed by atoms with Crippen molar-refractivity contribution >= 4 is 15.9 Å². The monoisotopic (exact) mass is 308 g/mol. The van der Waals surface area contributed by atoms with Gasteiger partial charge in [-0.3, -0.25) is 0 Å². The Hall–Kier alpha value is -1.20. The SMILES string of the molecule is CCCn1nncc1C(N)Cc1ccc(Br)cc1. The third kappa shape index (κ3) is 3.17. The molecule has 1 aromatic carbocycles. The zero-order valence-corrected chi connectivity index (χ0v) is 12.0.